The number of nitrogens with one attached hydrogen (secondary N) is 2. The Kier molecular flexibility index (Phi) is 18.9. The van der Waals surface area contributed by atoms with E-state index in [-0.39, 0.29) is 37.2 Å². The molecule has 1 fully saturated rings. The number of carbonyl (C=O) groups excluding carboxylic acids is 1. The number of unbranched alkanes of at least 4 members (excludes halogenated alkanes) is 11. The summed E-state index contributed by atoms with van der Waals surface area (Å²) in [6.45, 7) is 2.46. The Labute approximate surface area is 288 Å². The van der Waals surface area contributed by atoms with E-state index in [4.69, 9.17) is 19.5 Å². The lowest BCUT2D eigenvalue weighted by Gasteiger charge is -2.22. The molecule has 268 valence electrons. The van der Waals surface area contributed by atoms with E-state index >= 15 is 0 Å². The number of hydrogen-bond acceptors (Lipinski definition) is 9. The minimum atomic E-state index is -3.95. The number of nitrogen functional groups attached to an aromatic ring is 1. The van der Waals surface area contributed by atoms with Crippen LogP contribution in [0.5, 0.6) is 5.75 Å². The van der Waals surface area contributed by atoms with E-state index in [1.165, 1.54) is 111 Å². The van der Waals surface area contributed by atoms with Crippen LogP contribution in [-0.4, -0.2) is 46.3 Å². The third kappa shape index (κ3) is 16.1. The average Bonchev–Trinajstić information content (AvgIpc) is 3.54. The smallest absolute Gasteiger partial charge is 0.413 e. The molecule has 2 aromatic rings. The molecule has 1 aliphatic rings. The molecular weight excluding hydrogens is 656 g/mol. The van der Waals surface area contributed by atoms with Gasteiger partial charge in [-0.25, -0.2) is 18.8 Å². The van der Waals surface area contributed by atoms with Gasteiger partial charge in [-0.3, -0.25) is 13.9 Å². The van der Waals surface area contributed by atoms with E-state index in [1.807, 2.05) is 0 Å². The molecule has 1 aromatic heterocycles. The number of hydrogen-bond donors (Lipinski definition) is 3. The van der Waals surface area contributed by atoms with Crippen molar-refractivity contribution in [1.29, 1.82) is 0 Å². The summed E-state index contributed by atoms with van der Waals surface area (Å²) in [5.74, 6) is 0.176. The van der Waals surface area contributed by atoms with E-state index in [0.29, 0.717) is 12.2 Å². The highest BCUT2D eigenvalue weighted by atomic mass is 32.2. The van der Waals surface area contributed by atoms with E-state index in [9.17, 15) is 18.5 Å². The molecule has 0 spiro atoms. The fraction of sp³-hybridized carbons (Fsp3) is 0.618. The zero-order chi connectivity index (χ0) is 34.5. The Morgan fingerprint density at radius 2 is 1.71 bits per heavy atom. The highest BCUT2D eigenvalue weighted by Crippen LogP contribution is 2.45. The number of nitrogens with two attached hydrogens (primary N) is 1. The molecule has 3 rings (SSSR count). The zero-order valence-electron chi connectivity index (χ0n) is 28.2. The topological polar surface area (TPSA) is 147 Å². The van der Waals surface area contributed by atoms with E-state index < -0.39 is 30.9 Å². The number of amides is 1. The molecule has 0 saturated carbocycles. The molecule has 1 amide bonds. The third-order valence-electron chi connectivity index (χ3n) is 7.73. The van der Waals surface area contributed by atoms with E-state index in [1.54, 1.807) is 0 Å². The molecule has 1 aliphatic heterocycles. The SMILES string of the molecule is CCCCCCCC/C=C\CCCCCCCC(=O)NCCNP(=O)(OC[C@@H]1OC(n2ccc(N)nc2=O)CS1)Oc1ccc(F)cc1. The van der Waals surface area contributed by atoms with E-state index in [0.717, 1.165) is 25.7 Å². The molecule has 2 heterocycles. The van der Waals surface area contributed by atoms with Crippen molar-refractivity contribution in [2.45, 2.75) is 108 Å². The summed E-state index contributed by atoms with van der Waals surface area (Å²) in [5.41, 5.74) is 4.49. The Hall–Kier alpha value is -2.70. The lowest BCUT2D eigenvalue weighted by Crippen LogP contribution is -2.32. The maximum atomic E-state index is 13.6. The molecule has 1 aromatic carbocycles. The highest BCUT2D eigenvalue weighted by Gasteiger charge is 2.33. The summed E-state index contributed by atoms with van der Waals surface area (Å²) in [7, 11) is -3.95. The van der Waals surface area contributed by atoms with Gasteiger partial charge in [-0.1, -0.05) is 70.4 Å². The normalized spacial score (nSPS) is 17.5. The summed E-state index contributed by atoms with van der Waals surface area (Å²) < 4.78 is 45.6. The van der Waals surface area contributed by atoms with Crippen LogP contribution in [0.2, 0.25) is 0 Å². The van der Waals surface area contributed by atoms with E-state index in [2.05, 4.69) is 34.5 Å². The van der Waals surface area contributed by atoms with Gasteiger partial charge in [0, 0.05) is 31.5 Å². The quantitative estimate of drug-likeness (QED) is 0.0538. The van der Waals surface area contributed by atoms with Gasteiger partial charge in [0.2, 0.25) is 5.91 Å². The van der Waals surface area contributed by atoms with Crippen LogP contribution in [0.3, 0.4) is 0 Å². The lowest BCUT2D eigenvalue weighted by atomic mass is 10.1. The van der Waals surface area contributed by atoms with Crippen LogP contribution >= 0.6 is 19.5 Å². The van der Waals surface area contributed by atoms with Gasteiger partial charge in [-0.15, -0.1) is 11.8 Å². The van der Waals surface area contributed by atoms with Crippen LogP contribution < -0.4 is 26.4 Å². The number of thioether (sulfide) groups is 1. The first kappa shape index (κ1) is 39.7. The molecule has 1 saturated heterocycles. The minimum absolute atomic E-state index is 0.0705. The van der Waals surface area contributed by atoms with Crippen molar-refractivity contribution in [3.63, 3.8) is 0 Å². The van der Waals surface area contributed by atoms with Gasteiger partial charge >= 0.3 is 13.4 Å². The molecule has 0 bridgehead atoms. The zero-order valence-corrected chi connectivity index (χ0v) is 29.9. The first-order valence-electron chi connectivity index (χ1n) is 17.3. The van der Waals surface area contributed by atoms with Crippen LogP contribution in [0.1, 0.15) is 103 Å². The number of nitrogens with zero attached hydrogens (tertiary/aromatic N) is 2. The number of rotatable bonds is 25. The van der Waals surface area contributed by atoms with Crippen molar-refractivity contribution >= 4 is 31.2 Å². The van der Waals surface area contributed by atoms with Crippen molar-refractivity contribution in [3.8, 4) is 5.75 Å². The monoisotopic (exact) mass is 709 g/mol. The minimum Gasteiger partial charge on any atom is -0.413 e. The van der Waals surface area contributed by atoms with Gasteiger partial charge in [-0.05, 0) is 62.4 Å². The molecule has 0 aliphatic carbocycles. The second kappa shape index (κ2) is 22.8. The standard InChI is InChI=1S/C34H53FN5O6PS/c1-2-3-4-5-6-7-8-9-10-11-12-13-14-15-16-17-31(41)37-23-24-38-47(43,46-29-20-18-28(35)19-21-29)44-26-33-45-32(27-48-33)40-25-22-30(36)39-34(40)42/h9-10,18-22,25,32-33H,2-8,11-17,23-24,26-27H2,1H3,(H,37,41)(H,38,43)(H2,36,39,42)/b10-9-/t32?,33-,47?/m1/s1. The Balaban J connectivity index is 1.30. The summed E-state index contributed by atoms with van der Waals surface area (Å²) in [4.78, 5) is 28.2. The Morgan fingerprint density at radius 1 is 1.04 bits per heavy atom. The summed E-state index contributed by atoms with van der Waals surface area (Å²) >= 11 is 1.38. The van der Waals surface area contributed by atoms with Gasteiger partial charge in [0.15, 0.2) is 0 Å². The number of benzene rings is 1. The first-order chi connectivity index (χ1) is 23.3. The maximum Gasteiger partial charge on any atom is 0.458 e. The summed E-state index contributed by atoms with van der Waals surface area (Å²) in [6.07, 6.45) is 21.6. The summed E-state index contributed by atoms with van der Waals surface area (Å²) in [5, 5.41) is 5.61. The lowest BCUT2D eigenvalue weighted by molar-refractivity contribution is -0.121. The van der Waals surface area contributed by atoms with Crippen molar-refractivity contribution < 1.29 is 27.5 Å². The molecule has 0 radical (unpaired) electrons. The Morgan fingerprint density at radius 3 is 2.40 bits per heavy atom. The number of carbonyl (C=O) groups is 1. The third-order valence-corrected chi connectivity index (χ3v) is 10.4. The van der Waals surface area contributed by atoms with Crippen LogP contribution in [0.15, 0.2) is 53.5 Å². The van der Waals surface area contributed by atoms with Gasteiger partial charge in [0.05, 0.1) is 6.61 Å². The Bertz CT molecular complexity index is 1350. The average molecular weight is 710 g/mol. The fourth-order valence-electron chi connectivity index (χ4n) is 5.06. The fourth-order valence-corrected chi connectivity index (χ4v) is 7.47. The van der Waals surface area contributed by atoms with Gasteiger partial charge < -0.3 is 20.3 Å². The molecule has 2 unspecified atom stereocenters. The summed E-state index contributed by atoms with van der Waals surface area (Å²) in [6, 6.07) is 6.58. The van der Waals surface area contributed by atoms with Crippen LogP contribution in [0.25, 0.3) is 0 Å². The molecule has 4 N–H and O–H groups in total. The largest absolute Gasteiger partial charge is 0.458 e. The van der Waals surface area contributed by atoms with Gasteiger partial charge in [0.1, 0.15) is 29.0 Å². The molecule has 3 atom stereocenters. The van der Waals surface area contributed by atoms with Crippen LogP contribution in [0.4, 0.5) is 10.2 Å². The number of halogens is 1. The molecule has 48 heavy (non-hydrogen) atoms. The second-order valence-electron chi connectivity index (χ2n) is 11.8. The number of ether oxygens (including phenoxy) is 1. The predicted molar refractivity (Wildman–Crippen MR) is 190 cm³/mol. The highest BCUT2D eigenvalue weighted by molar-refractivity contribution is 8.00. The number of anilines is 1. The van der Waals surface area contributed by atoms with Crippen molar-refractivity contribution in [2.24, 2.45) is 0 Å². The van der Waals surface area contributed by atoms with Crippen LogP contribution in [0, 0.1) is 5.82 Å². The maximum absolute atomic E-state index is 13.6. The van der Waals surface area contributed by atoms with Crippen LogP contribution in [-0.2, 0) is 18.6 Å². The van der Waals surface area contributed by atoms with Crippen molar-refractivity contribution in [3.05, 3.63) is 65.0 Å². The first-order valence-corrected chi connectivity index (χ1v) is 19.9. The van der Waals surface area contributed by atoms with Gasteiger partial charge in [-0.2, -0.15) is 4.98 Å². The van der Waals surface area contributed by atoms with Crippen molar-refractivity contribution in [2.75, 3.05) is 31.2 Å². The van der Waals surface area contributed by atoms with Crippen molar-refractivity contribution in [1.82, 2.24) is 20.0 Å². The number of allylic oxidation sites excluding steroid dienone is 2. The predicted octanol–water partition coefficient (Wildman–Crippen LogP) is 7.50. The molecule has 14 heteroatoms. The second-order valence-corrected chi connectivity index (χ2v) is 14.8. The number of aromatic nitrogens is 2. The molecule has 11 nitrogen and oxygen atoms in total. The van der Waals surface area contributed by atoms with Gasteiger partial charge in [0.25, 0.3) is 0 Å². The molecular formula is C34H53FN5O6PS.